The lowest BCUT2D eigenvalue weighted by Crippen LogP contribution is -2.28. The minimum atomic E-state index is 0.260. The molecule has 0 spiro atoms. The molecule has 0 unspecified atom stereocenters. The van der Waals surface area contributed by atoms with E-state index in [0.717, 1.165) is 43.0 Å². The predicted molar refractivity (Wildman–Crippen MR) is 74.4 cm³/mol. The first kappa shape index (κ1) is 12.2. The maximum Gasteiger partial charge on any atom is 0.222 e. The summed E-state index contributed by atoms with van der Waals surface area (Å²) in [5, 5.41) is 8.49. The Balaban J connectivity index is 1.78. The van der Waals surface area contributed by atoms with Crippen LogP contribution in [0.2, 0.25) is 0 Å². The summed E-state index contributed by atoms with van der Waals surface area (Å²) >= 11 is 0. The Morgan fingerprint density at radius 3 is 2.89 bits per heavy atom. The van der Waals surface area contributed by atoms with Gasteiger partial charge in [0.2, 0.25) is 5.95 Å². The monoisotopic (exact) mass is 261 g/mol. The highest BCUT2D eigenvalue weighted by Gasteiger charge is 2.15. The van der Waals surface area contributed by atoms with Crippen molar-refractivity contribution in [2.24, 2.45) is 5.92 Å². The van der Waals surface area contributed by atoms with Gasteiger partial charge in [-0.1, -0.05) is 0 Å². The zero-order valence-corrected chi connectivity index (χ0v) is 10.8. The Kier molecular flexibility index (Phi) is 3.20. The van der Waals surface area contributed by atoms with Gasteiger partial charge in [-0.3, -0.25) is 0 Å². The number of hydrogen-bond donors (Lipinski definition) is 3. The van der Waals surface area contributed by atoms with Crippen molar-refractivity contribution >= 4 is 22.8 Å². The quantitative estimate of drug-likeness (QED) is 0.737. The number of nitrogens with zero attached hydrogens (tertiary/aromatic N) is 4. The molecular weight excluding hydrogens is 242 g/mol. The minimum Gasteiger partial charge on any atom is -0.382 e. The van der Waals surface area contributed by atoms with E-state index in [0.29, 0.717) is 5.82 Å². The Bertz CT molecular complexity index is 571. The van der Waals surface area contributed by atoms with Gasteiger partial charge in [-0.15, -0.1) is 0 Å². The van der Waals surface area contributed by atoms with E-state index >= 15 is 0 Å². The molecule has 2 aromatic rings. The third-order valence-corrected chi connectivity index (χ3v) is 3.74. The average molecular weight is 261 g/mol. The number of nitrogens with one attached hydrogen (secondary N) is 1. The van der Waals surface area contributed by atoms with Crippen LogP contribution in [0.15, 0.2) is 6.20 Å². The second kappa shape index (κ2) is 5.00. The summed E-state index contributed by atoms with van der Waals surface area (Å²) in [6, 6.07) is 0. The SMILES string of the molecule is Nc1ncc2c(N)nn(CCC3CCNCC3)c2n1. The van der Waals surface area contributed by atoms with Gasteiger partial charge in [-0.25, -0.2) is 9.67 Å². The molecule has 5 N–H and O–H groups in total. The molecule has 1 aliphatic rings. The number of nitrogens with two attached hydrogens (primary N) is 2. The van der Waals surface area contributed by atoms with Crippen molar-refractivity contribution in [2.45, 2.75) is 25.8 Å². The third kappa shape index (κ3) is 2.46. The second-order valence-corrected chi connectivity index (χ2v) is 5.06. The Labute approximate surface area is 111 Å². The maximum atomic E-state index is 5.87. The van der Waals surface area contributed by atoms with Crippen LogP contribution in [0.25, 0.3) is 11.0 Å². The van der Waals surface area contributed by atoms with Crippen LogP contribution in [-0.2, 0) is 6.54 Å². The zero-order valence-electron chi connectivity index (χ0n) is 10.8. The van der Waals surface area contributed by atoms with Gasteiger partial charge in [-0.05, 0) is 38.3 Å². The number of fused-ring (bicyclic) bond motifs is 1. The first-order valence-electron chi connectivity index (χ1n) is 6.69. The average Bonchev–Trinajstić information content (AvgIpc) is 2.74. The van der Waals surface area contributed by atoms with Crippen molar-refractivity contribution in [3.63, 3.8) is 0 Å². The smallest absolute Gasteiger partial charge is 0.222 e. The molecule has 102 valence electrons. The largest absolute Gasteiger partial charge is 0.382 e. The van der Waals surface area contributed by atoms with Gasteiger partial charge in [0.05, 0.1) is 5.39 Å². The lowest BCUT2D eigenvalue weighted by atomic mass is 9.95. The standard InChI is InChI=1S/C12H19N7/c13-10-9-7-16-12(14)17-11(9)19(18-10)6-3-8-1-4-15-5-2-8/h7-8,15H,1-6H2,(H2,13,18)(H2,14,16,17). The highest BCUT2D eigenvalue weighted by Crippen LogP contribution is 2.21. The fraction of sp³-hybridized carbons (Fsp3) is 0.583. The van der Waals surface area contributed by atoms with Crippen molar-refractivity contribution in [3.8, 4) is 0 Å². The Morgan fingerprint density at radius 1 is 1.32 bits per heavy atom. The van der Waals surface area contributed by atoms with E-state index in [2.05, 4.69) is 20.4 Å². The zero-order chi connectivity index (χ0) is 13.2. The molecule has 3 heterocycles. The van der Waals surface area contributed by atoms with Crippen molar-refractivity contribution in [3.05, 3.63) is 6.20 Å². The van der Waals surface area contributed by atoms with Crippen molar-refractivity contribution in [1.29, 1.82) is 0 Å². The number of aromatic nitrogens is 4. The first-order valence-corrected chi connectivity index (χ1v) is 6.69. The second-order valence-electron chi connectivity index (χ2n) is 5.06. The topological polar surface area (TPSA) is 108 Å². The molecule has 2 aromatic heterocycles. The molecule has 0 radical (unpaired) electrons. The maximum absolute atomic E-state index is 5.87. The van der Waals surface area contributed by atoms with E-state index in [1.54, 1.807) is 6.20 Å². The van der Waals surface area contributed by atoms with Crippen LogP contribution in [-0.4, -0.2) is 32.8 Å². The van der Waals surface area contributed by atoms with E-state index in [4.69, 9.17) is 11.5 Å². The molecule has 19 heavy (non-hydrogen) atoms. The highest BCUT2D eigenvalue weighted by atomic mass is 15.3. The summed E-state index contributed by atoms with van der Waals surface area (Å²) in [6.45, 7) is 3.05. The van der Waals surface area contributed by atoms with Gasteiger partial charge in [0.15, 0.2) is 11.5 Å². The number of hydrogen-bond acceptors (Lipinski definition) is 6. The molecule has 1 aliphatic heterocycles. The molecule has 3 rings (SSSR count). The fourth-order valence-corrected chi connectivity index (χ4v) is 2.63. The molecule has 0 bridgehead atoms. The molecule has 0 amide bonds. The molecule has 0 aromatic carbocycles. The molecule has 0 aliphatic carbocycles. The Morgan fingerprint density at radius 2 is 2.11 bits per heavy atom. The molecule has 1 fully saturated rings. The van der Waals surface area contributed by atoms with Crippen molar-refractivity contribution < 1.29 is 0 Å². The van der Waals surface area contributed by atoms with Gasteiger partial charge < -0.3 is 16.8 Å². The molecular formula is C12H19N7. The number of nitrogen functional groups attached to an aromatic ring is 2. The van der Waals surface area contributed by atoms with E-state index in [1.165, 1.54) is 12.8 Å². The van der Waals surface area contributed by atoms with Crippen LogP contribution >= 0.6 is 0 Å². The predicted octanol–water partition coefficient (Wildman–Crippen LogP) is 0.380. The summed E-state index contributed by atoms with van der Waals surface area (Å²) in [4.78, 5) is 8.19. The summed E-state index contributed by atoms with van der Waals surface area (Å²) < 4.78 is 1.85. The van der Waals surface area contributed by atoms with Gasteiger partial charge >= 0.3 is 0 Å². The summed E-state index contributed by atoms with van der Waals surface area (Å²) in [7, 11) is 0. The van der Waals surface area contributed by atoms with Crippen LogP contribution in [0.5, 0.6) is 0 Å². The molecule has 0 atom stereocenters. The van der Waals surface area contributed by atoms with Crippen molar-refractivity contribution in [1.82, 2.24) is 25.1 Å². The van der Waals surface area contributed by atoms with E-state index in [1.807, 2.05) is 4.68 Å². The summed E-state index contributed by atoms with van der Waals surface area (Å²) in [5.41, 5.74) is 12.2. The van der Waals surface area contributed by atoms with Crippen LogP contribution in [0, 0.1) is 5.92 Å². The first-order chi connectivity index (χ1) is 9.24. The lowest BCUT2D eigenvalue weighted by Gasteiger charge is -2.22. The van der Waals surface area contributed by atoms with Crippen LogP contribution < -0.4 is 16.8 Å². The highest BCUT2D eigenvalue weighted by molar-refractivity contribution is 5.85. The lowest BCUT2D eigenvalue weighted by molar-refractivity contribution is 0.334. The third-order valence-electron chi connectivity index (χ3n) is 3.74. The van der Waals surface area contributed by atoms with Crippen LogP contribution in [0.4, 0.5) is 11.8 Å². The number of piperidine rings is 1. The summed E-state index contributed by atoms with van der Waals surface area (Å²) in [6.07, 6.45) is 5.19. The number of aryl methyl sites for hydroxylation is 1. The normalized spacial score (nSPS) is 17.1. The van der Waals surface area contributed by atoms with Gasteiger partial charge in [-0.2, -0.15) is 10.1 Å². The van der Waals surface area contributed by atoms with Gasteiger partial charge in [0.25, 0.3) is 0 Å². The fourth-order valence-electron chi connectivity index (χ4n) is 2.63. The Hall–Kier alpha value is -1.89. The van der Waals surface area contributed by atoms with E-state index in [9.17, 15) is 0 Å². The molecule has 7 heteroatoms. The van der Waals surface area contributed by atoms with Crippen molar-refractivity contribution in [2.75, 3.05) is 24.6 Å². The number of anilines is 2. The summed E-state index contributed by atoms with van der Waals surface area (Å²) in [5.74, 6) is 1.48. The minimum absolute atomic E-state index is 0.260. The number of rotatable bonds is 3. The van der Waals surface area contributed by atoms with Gasteiger partial charge in [0, 0.05) is 12.7 Å². The van der Waals surface area contributed by atoms with Gasteiger partial charge in [0.1, 0.15) is 0 Å². The molecule has 7 nitrogen and oxygen atoms in total. The molecule has 0 saturated carbocycles. The van der Waals surface area contributed by atoms with Crippen LogP contribution in [0.3, 0.4) is 0 Å². The molecule has 1 saturated heterocycles. The van der Waals surface area contributed by atoms with E-state index in [-0.39, 0.29) is 5.95 Å². The van der Waals surface area contributed by atoms with E-state index < -0.39 is 0 Å². The van der Waals surface area contributed by atoms with Crippen LogP contribution in [0.1, 0.15) is 19.3 Å².